The van der Waals surface area contributed by atoms with Crippen LogP contribution >= 0.6 is 15.9 Å². The lowest BCUT2D eigenvalue weighted by Crippen LogP contribution is -2.41. The third-order valence-corrected chi connectivity index (χ3v) is 5.25. The van der Waals surface area contributed by atoms with Crippen molar-refractivity contribution in [3.8, 4) is 0 Å². The molecule has 1 heterocycles. The number of hydrogen-bond acceptors (Lipinski definition) is 5. The lowest BCUT2D eigenvalue weighted by Gasteiger charge is -2.22. The van der Waals surface area contributed by atoms with Gasteiger partial charge in [-0.15, -0.1) is 0 Å². The Morgan fingerprint density at radius 3 is 2.23 bits per heavy atom. The minimum absolute atomic E-state index is 0.141. The molecular weight excluding hydrogens is 402 g/mol. The lowest BCUT2D eigenvalue weighted by atomic mass is 9.84. The van der Waals surface area contributed by atoms with Crippen LogP contribution in [0.2, 0.25) is 0 Å². The van der Waals surface area contributed by atoms with Gasteiger partial charge in [0.25, 0.3) is 0 Å². The average molecular weight is 426 g/mol. The molecule has 7 heteroatoms. The second-order valence-electron chi connectivity index (χ2n) is 6.13. The Bertz CT molecular complexity index is 618. The second kappa shape index (κ2) is 9.71. The SMILES string of the molecule is CCOC(=O)C(C(=O)OCC)[C@@H]1C(=O)N(Cc2ccccc2)C[C@H]1CBr. The highest BCUT2D eigenvalue weighted by Gasteiger charge is 2.51. The Morgan fingerprint density at radius 1 is 1.15 bits per heavy atom. The van der Waals surface area contributed by atoms with Crippen LogP contribution in [0.3, 0.4) is 0 Å². The Labute approximate surface area is 162 Å². The summed E-state index contributed by atoms with van der Waals surface area (Å²) in [6, 6.07) is 9.62. The number of alkyl halides is 1. The van der Waals surface area contributed by atoms with Gasteiger partial charge in [-0.1, -0.05) is 46.3 Å². The Hall–Kier alpha value is -1.89. The number of amides is 1. The van der Waals surface area contributed by atoms with Crippen molar-refractivity contribution in [1.82, 2.24) is 4.90 Å². The molecular formula is C19H24BrNO5. The van der Waals surface area contributed by atoms with Gasteiger partial charge in [-0.3, -0.25) is 14.4 Å². The van der Waals surface area contributed by atoms with Gasteiger partial charge in [-0.25, -0.2) is 0 Å². The van der Waals surface area contributed by atoms with Crippen LogP contribution in [-0.4, -0.2) is 47.8 Å². The topological polar surface area (TPSA) is 72.9 Å². The van der Waals surface area contributed by atoms with E-state index in [9.17, 15) is 14.4 Å². The first kappa shape index (κ1) is 20.4. The van der Waals surface area contributed by atoms with E-state index < -0.39 is 23.8 Å². The molecule has 1 aromatic carbocycles. The summed E-state index contributed by atoms with van der Waals surface area (Å²) in [5.74, 6) is -3.80. The molecule has 2 rings (SSSR count). The van der Waals surface area contributed by atoms with Crippen LogP contribution in [0.1, 0.15) is 19.4 Å². The molecule has 1 saturated heterocycles. The highest BCUT2D eigenvalue weighted by atomic mass is 79.9. The van der Waals surface area contributed by atoms with Gasteiger partial charge in [0.15, 0.2) is 5.92 Å². The number of nitrogens with zero attached hydrogens (tertiary/aromatic N) is 1. The van der Waals surface area contributed by atoms with Gasteiger partial charge in [0.1, 0.15) is 0 Å². The number of rotatable bonds is 8. The van der Waals surface area contributed by atoms with E-state index in [-0.39, 0.29) is 25.0 Å². The van der Waals surface area contributed by atoms with Crippen molar-refractivity contribution in [1.29, 1.82) is 0 Å². The van der Waals surface area contributed by atoms with E-state index in [4.69, 9.17) is 9.47 Å². The van der Waals surface area contributed by atoms with E-state index in [2.05, 4.69) is 15.9 Å². The fourth-order valence-corrected chi connectivity index (χ4v) is 3.87. The molecule has 2 atom stereocenters. The molecule has 1 aromatic rings. The summed E-state index contributed by atoms with van der Waals surface area (Å²) in [4.78, 5) is 39.5. The minimum atomic E-state index is -1.23. The molecule has 6 nitrogen and oxygen atoms in total. The number of hydrogen-bond donors (Lipinski definition) is 0. The molecule has 0 aliphatic carbocycles. The summed E-state index contributed by atoms with van der Waals surface area (Å²) in [5, 5.41) is 0.504. The average Bonchev–Trinajstić information content (AvgIpc) is 2.93. The number of esters is 2. The van der Waals surface area contributed by atoms with Crippen LogP contribution in [0.4, 0.5) is 0 Å². The first-order chi connectivity index (χ1) is 12.5. The molecule has 0 spiro atoms. The zero-order chi connectivity index (χ0) is 19.1. The van der Waals surface area contributed by atoms with Crippen molar-refractivity contribution in [2.45, 2.75) is 20.4 Å². The maximum atomic E-state index is 13.0. The number of carbonyl (C=O) groups excluding carboxylic acids is 3. The quantitative estimate of drug-likeness (QED) is 0.363. The molecule has 0 aromatic heterocycles. The second-order valence-corrected chi connectivity index (χ2v) is 6.77. The third-order valence-electron chi connectivity index (χ3n) is 4.41. The molecule has 142 valence electrons. The fraction of sp³-hybridized carbons (Fsp3) is 0.526. The van der Waals surface area contributed by atoms with Gasteiger partial charge < -0.3 is 14.4 Å². The molecule has 26 heavy (non-hydrogen) atoms. The molecule has 1 fully saturated rings. The number of ether oxygens (including phenoxy) is 2. The predicted octanol–water partition coefficient (Wildman–Crippen LogP) is 2.40. The van der Waals surface area contributed by atoms with Crippen molar-refractivity contribution in [2.24, 2.45) is 17.8 Å². The molecule has 0 N–H and O–H groups in total. The van der Waals surface area contributed by atoms with Gasteiger partial charge in [0, 0.05) is 18.4 Å². The van der Waals surface area contributed by atoms with E-state index in [1.54, 1.807) is 18.7 Å². The molecule has 1 aliphatic rings. The smallest absolute Gasteiger partial charge is 0.321 e. The summed E-state index contributed by atoms with van der Waals surface area (Å²) < 4.78 is 10.1. The lowest BCUT2D eigenvalue weighted by molar-refractivity contribution is -0.167. The van der Waals surface area contributed by atoms with Crippen molar-refractivity contribution in [3.05, 3.63) is 35.9 Å². The fourth-order valence-electron chi connectivity index (χ4n) is 3.26. The normalized spacial score (nSPS) is 19.7. The van der Waals surface area contributed by atoms with Crippen LogP contribution < -0.4 is 0 Å². The standard InChI is InChI=1S/C19H24BrNO5/c1-3-25-18(23)16(19(24)26-4-2)15-14(10-20)12-21(17(15)22)11-13-8-6-5-7-9-13/h5-9,14-16H,3-4,10-12H2,1-2H3/t14-,15-/m1/s1. The molecule has 0 saturated carbocycles. The van der Waals surface area contributed by atoms with Gasteiger partial charge in [-0.05, 0) is 25.3 Å². The predicted molar refractivity (Wildman–Crippen MR) is 99.4 cm³/mol. The summed E-state index contributed by atoms with van der Waals surface area (Å²) in [6.07, 6.45) is 0. The highest BCUT2D eigenvalue weighted by molar-refractivity contribution is 9.09. The first-order valence-electron chi connectivity index (χ1n) is 8.75. The van der Waals surface area contributed by atoms with Crippen LogP contribution in [0, 0.1) is 17.8 Å². The number of benzene rings is 1. The summed E-state index contributed by atoms with van der Waals surface area (Å²) in [5.41, 5.74) is 0.999. The van der Waals surface area contributed by atoms with Gasteiger partial charge in [-0.2, -0.15) is 0 Å². The number of halogens is 1. The minimum Gasteiger partial charge on any atom is -0.465 e. The van der Waals surface area contributed by atoms with E-state index in [0.29, 0.717) is 18.4 Å². The van der Waals surface area contributed by atoms with Crippen molar-refractivity contribution < 1.29 is 23.9 Å². The molecule has 1 aliphatic heterocycles. The monoisotopic (exact) mass is 425 g/mol. The maximum absolute atomic E-state index is 13.0. The van der Waals surface area contributed by atoms with Crippen LogP contribution in [0.15, 0.2) is 30.3 Å². The van der Waals surface area contributed by atoms with Gasteiger partial charge in [0.05, 0.1) is 19.1 Å². The summed E-state index contributed by atoms with van der Waals surface area (Å²) in [7, 11) is 0. The largest absolute Gasteiger partial charge is 0.465 e. The zero-order valence-electron chi connectivity index (χ0n) is 15.0. The Morgan fingerprint density at radius 2 is 1.73 bits per heavy atom. The summed E-state index contributed by atoms with van der Waals surface area (Å²) in [6.45, 7) is 4.53. The van der Waals surface area contributed by atoms with Crippen molar-refractivity contribution in [3.63, 3.8) is 0 Å². The first-order valence-corrected chi connectivity index (χ1v) is 9.87. The third kappa shape index (κ3) is 4.63. The molecule has 1 amide bonds. The maximum Gasteiger partial charge on any atom is 0.321 e. The van der Waals surface area contributed by atoms with E-state index in [0.717, 1.165) is 5.56 Å². The van der Waals surface area contributed by atoms with Crippen LogP contribution in [0.5, 0.6) is 0 Å². The van der Waals surface area contributed by atoms with Crippen molar-refractivity contribution in [2.75, 3.05) is 25.1 Å². The number of likely N-dealkylation sites (tertiary alicyclic amines) is 1. The molecule has 0 radical (unpaired) electrons. The zero-order valence-corrected chi connectivity index (χ0v) is 16.6. The Kier molecular flexibility index (Phi) is 7.63. The van der Waals surface area contributed by atoms with Gasteiger partial charge >= 0.3 is 11.9 Å². The molecule has 0 unspecified atom stereocenters. The number of carbonyl (C=O) groups is 3. The highest BCUT2D eigenvalue weighted by Crippen LogP contribution is 2.35. The Balaban J connectivity index is 2.26. The van der Waals surface area contributed by atoms with Crippen LogP contribution in [0.25, 0.3) is 0 Å². The van der Waals surface area contributed by atoms with Crippen LogP contribution in [-0.2, 0) is 30.4 Å². The van der Waals surface area contributed by atoms with Crippen molar-refractivity contribution >= 4 is 33.8 Å². The van der Waals surface area contributed by atoms with E-state index >= 15 is 0 Å². The van der Waals surface area contributed by atoms with Gasteiger partial charge in [0.2, 0.25) is 5.91 Å². The van der Waals surface area contributed by atoms with E-state index in [1.165, 1.54) is 0 Å². The summed E-state index contributed by atoms with van der Waals surface area (Å²) >= 11 is 3.42. The van der Waals surface area contributed by atoms with E-state index in [1.807, 2.05) is 30.3 Å². The molecule has 0 bridgehead atoms.